The van der Waals surface area contributed by atoms with Gasteiger partial charge < -0.3 is 29.2 Å². The molecule has 0 spiro atoms. The van der Waals surface area contributed by atoms with Crippen LogP contribution in [0.5, 0.6) is 11.5 Å². The van der Waals surface area contributed by atoms with E-state index in [1.54, 1.807) is 19.3 Å². The standard InChI is InChI=1S/C27H40O7/c1-18(2)34-27(30)9-4-6-19-10-12-24-23(25(29)15-26(24)33-16-19)13-11-20(28)17-32-22-8-5-7-21(14-22)31-3/h5,7-8,11,13-14,18-20,23-26,28-29H,4,6,9-10,12,15-17H2,1-3H3/t19-,20+,23+,24+,25+,26-/m0/s1. The molecule has 1 aliphatic heterocycles. The summed E-state index contributed by atoms with van der Waals surface area (Å²) in [6.45, 7) is 4.52. The average Bonchev–Trinajstić information content (AvgIpc) is 2.97. The van der Waals surface area contributed by atoms with Gasteiger partial charge in [-0.1, -0.05) is 18.2 Å². The molecule has 2 aliphatic rings. The molecule has 7 heteroatoms. The third-order valence-electron chi connectivity index (χ3n) is 6.72. The number of hydrogen-bond acceptors (Lipinski definition) is 7. The molecule has 0 unspecified atom stereocenters. The third-order valence-corrected chi connectivity index (χ3v) is 6.72. The highest BCUT2D eigenvalue weighted by atomic mass is 16.5. The van der Waals surface area contributed by atoms with Crippen molar-refractivity contribution in [1.29, 1.82) is 0 Å². The maximum atomic E-state index is 11.8. The Morgan fingerprint density at radius 3 is 2.82 bits per heavy atom. The summed E-state index contributed by atoms with van der Waals surface area (Å²) in [6, 6.07) is 7.26. The first-order chi connectivity index (χ1) is 16.4. The molecule has 2 fully saturated rings. The summed E-state index contributed by atoms with van der Waals surface area (Å²) in [5, 5.41) is 21.0. The molecule has 1 heterocycles. The molecule has 34 heavy (non-hydrogen) atoms. The maximum Gasteiger partial charge on any atom is 0.306 e. The van der Waals surface area contributed by atoms with Crippen molar-refractivity contribution in [1.82, 2.24) is 0 Å². The van der Waals surface area contributed by atoms with Crippen LogP contribution < -0.4 is 9.47 Å². The smallest absolute Gasteiger partial charge is 0.306 e. The van der Waals surface area contributed by atoms with Gasteiger partial charge in [0.05, 0.1) is 25.4 Å². The van der Waals surface area contributed by atoms with Gasteiger partial charge in [-0.15, -0.1) is 0 Å². The fraction of sp³-hybridized carbons (Fsp3) is 0.667. The lowest BCUT2D eigenvalue weighted by atomic mass is 9.86. The fourth-order valence-corrected chi connectivity index (χ4v) is 4.98. The zero-order valence-corrected chi connectivity index (χ0v) is 20.6. The highest BCUT2D eigenvalue weighted by Gasteiger charge is 2.43. The third kappa shape index (κ3) is 8.00. The summed E-state index contributed by atoms with van der Waals surface area (Å²) in [4.78, 5) is 11.8. The summed E-state index contributed by atoms with van der Waals surface area (Å²) in [6.07, 6.45) is 7.15. The van der Waals surface area contributed by atoms with Crippen LogP contribution in [0, 0.1) is 17.8 Å². The number of methoxy groups -OCH3 is 1. The molecule has 0 bridgehead atoms. The van der Waals surface area contributed by atoms with E-state index in [9.17, 15) is 15.0 Å². The van der Waals surface area contributed by atoms with E-state index in [4.69, 9.17) is 18.9 Å². The molecule has 0 radical (unpaired) electrons. The number of esters is 1. The Morgan fingerprint density at radius 2 is 2.06 bits per heavy atom. The number of ether oxygens (including phenoxy) is 4. The number of fused-ring (bicyclic) bond motifs is 1. The van der Waals surface area contributed by atoms with E-state index in [-0.39, 0.29) is 36.6 Å². The van der Waals surface area contributed by atoms with Crippen molar-refractivity contribution < 1.29 is 34.0 Å². The molecule has 6 atom stereocenters. The maximum absolute atomic E-state index is 11.8. The SMILES string of the molecule is COc1cccc(OC[C@H](O)C=C[C@@H]2[C@H]3CC[C@H](CCCC(=O)OC(C)C)CO[C@H]3C[C@H]2O)c1. The van der Waals surface area contributed by atoms with E-state index >= 15 is 0 Å². The molecule has 1 aromatic carbocycles. The lowest BCUT2D eigenvalue weighted by Crippen LogP contribution is -2.22. The van der Waals surface area contributed by atoms with E-state index < -0.39 is 12.2 Å². The summed E-state index contributed by atoms with van der Waals surface area (Å²) < 4.78 is 22.2. The van der Waals surface area contributed by atoms with Gasteiger partial charge in [0.15, 0.2) is 0 Å². The fourth-order valence-electron chi connectivity index (χ4n) is 4.98. The van der Waals surface area contributed by atoms with Crippen molar-refractivity contribution in [3.05, 3.63) is 36.4 Å². The molecule has 2 N–H and O–H groups in total. The molecule has 0 amide bonds. The van der Waals surface area contributed by atoms with Crippen LogP contribution in [0.2, 0.25) is 0 Å². The number of benzene rings is 1. The molecule has 1 aromatic rings. The Hall–Kier alpha value is -2.09. The first kappa shape index (κ1) is 26.5. The first-order valence-electron chi connectivity index (χ1n) is 12.5. The van der Waals surface area contributed by atoms with Crippen molar-refractivity contribution in [3.63, 3.8) is 0 Å². The number of rotatable bonds is 11. The Balaban J connectivity index is 1.45. The predicted molar refractivity (Wildman–Crippen MR) is 129 cm³/mol. The molecule has 1 saturated carbocycles. The molecule has 0 aromatic heterocycles. The second kappa shape index (κ2) is 13.1. The van der Waals surface area contributed by atoms with Gasteiger partial charge in [-0.2, -0.15) is 0 Å². The van der Waals surface area contributed by atoms with Gasteiger partial charge >= 0.3 is 5.97 Å². The Labute approximate surface area is 203 Å². The minimum Gasteiger partial charge on any atom is -0.497 e. The van der Waals surface area contributed by atoms with Gasteiger partial charge in [0.1, 0.15) is 24.2 Å². The van der Waals surface area contributed by atoms with Gasteiger partial charge in [0, 0.05) is 31.4 Å². The number of carbonyl (C=O) groups excluding carboxylic acids is 1. The number of hydrogen-bond donors (Lipinski definition) is 2. The molecule has 190 valence electrons. The largest absolute Gasteiger partial charge is 0.497 e. The lowest BCUT2D eigenvalue weighted by molar-refractivity contribution is -0.147. The van der Waals surface area contributed by atoms with Gasteiger partial charge in [0.25, 0.3) is 0 Å². The van der Waals surface area contributed by atoms with E-state index in [0.717, 1.165) is 25.7 Å². The van der Waals surface area contributed by atoms with Gasteiger partial charge in [-0.05, 0) is 63.5 Å². The Morgan fingerprint density at radius 1 is 1.26 bits per heavy atom. The molecular formula is C27H40O7. The van der Waals surface area contributed by atoms with Gasteiger partial charge in [-0.3, -0.25) is 4.79 Å². The van der Waals surface area contributed by atoms with Crippen LogP contribution in [-0.4, -0.2) is 60.9 Å². The predicted octanol–water partition coefficient (Wildman–Crippen LogP) is 3.91. The van der Waals surface area contributed by atoms with E-state index in [1.165, 1.54) is 0 Å². The summed E-state index contributed by atoms with van der Waals surface area (Å²) in [5.74, 6) is 1.80. The van der Waals surface area contributed by atoms with Gasteiger partial charge in [0.2, 0.25) is 0 Å². The summed E-state index contributed by atoms with van der Waals surface area (Å²) in [7, 11) is 1.60. The highest BCUT2D eigenvalue weighted by Crippen LogP contribution is 2.42. The van der Waals surface area contributed by atoms with Crippen LogP contribution in [0.4, 0.5) is 0 Å². The molecular weight excluding hydrogens is 436 g/mol. The van der Waals surface area contributed by atoms with Crippen molar-refractivity contribution in [2.45, 2.75) is 76.8 Å². The normalized spacial score (nSPS) is 27.9. The topological polar surface area (TPSA) is 94.5 Å². The lowest BCUT2D eigenvalue weighted by Gasteiger charge is -2.21. The second-order valence-electron chi connectivity index (χ2n) is 9.73. The molecule has 1 aliphatic carbocycles. The first-order valence-corrected chi connectivity index (χ1v) is 12.5. The minimum atomic E-state index is -0.775. The monoisotopic (exact) mass is 476 g/mol. The van der Waals surface area contributed by atoms with Crippen LogP contribution in [0.1, 0.15) is 52.4 Å². The van der Waals surface area contributed by atoms with E-state index in [1.807, 2.05) is 38.1 Å². The summed E-state index contributed by atoms with van der Waals surface area (Å²) in [5.41, 5.74) is 0. The Bertz CT molecular complexity index is 793. The van der Waals surface area contributed by atoms with Crippen molar-refractivity contribution in [2.24, 2.45) is 17.8 Å². The van der Waals surface area contributed by atoms with Crippen LogP contribution in [0.25, 0.3) is 0 Å². The zero-order chi connectivity index (χ0) is 24.5. The molecule has 7 nitrogen and oxygen atoms in total. The second-order valence-corrected chi connectivity index (χ2v) is 9.73. The van der Waals surface area contributed by atoms with Crippen molar-refractivity contribution in [3.8, 4) is 11.5 Å². The quantitative estimate of drug-likeness (QED) is 0.369. The number of aliphatic hydroxyl groups is 2. The van der Waals surface area contributed by atoms with Crippen molar-refractivity contribution in [2.75, 3.05) is 20.3 Å². The van der Waals surface area contributed by atoms with Crippen molar-refractivity contribution >= 4 is 5.97 Å². The summed E-state index contributed by atoms with van der Waals surface area (Å²) >= 11 is 0. The van der Waals surface area contributed by atoms with Gasteiger partial charge in [-0.25, -0.2) is 0 Å². The highest BCUT2D eigenvalue weighted by molar-refractivity contribution is 5.69. The Kier molecular flexibility index (Phi) is 10.2. The van der Waals surface area contributed by atoms with Crippen LogP contribution >= 0.6 is 0 Å². The van der Waals surface area contributed by atoms with E-state index in [0.29, 0.717) is 36.9 Å². The number of carbonyl (C=O) groups is 1. The molecule has 1 saturated heterocycles. The van der Waals surface area contributed by atoms with E-state index in [2.05, 4.69) is 0 Å². The zero-order valence-electron chi connectivity index (χ0n) is 20.6. The minimum absolute atomic E-state index is 0.0331. The van der Waals surface area contributed by atoms with Crippen LogP contribution in [-0.2, 0) is 14.3 Å². The average molecular weight is 477 g/mol. The van der Waals surface area contributed by atoms with Crippen LogP contribution in [0.15, 0.2) is 36.4 Å². The molecule has 3 rings (SSSR count). The van der Waals surface area contributed by atoms with Crippen LogP contribution in [0.3, 0.4) is 0 Å². The number of aliphatic hydroxyl groups excluding tert-OH is 2.